The number of ether oxygens (including phenoxy) is 1. The van der Waals surface area contributed by atoms with Gasteiger partial charge in [0.25, 0.3) is 0 Å². The van der Waals surface area contributed by atoms with Crippen molar-refractivity contribution in [3.05, 3.63) is 65.4 Å². The van der Waals surface area contributed by atoms with Gasteiger partial charge < -0.3 is 15.2 Å². The van der Waals surface area contributed by atoms with Gasteiger partial charge in [-0.05, 0) is 53.3 Å². The van der Waals surface area contributed by atoms with Crippen molar-refractivity contribution >= 4 is 27.9 Å². The molecular formula is C25H24N2O3. The van der Waals surface area contributed by atoms with Crippen molar-refractivity contribution in [2.75, 3.05) is 12.4 Å². The van der Waals surface area contributed by atoms with Gasteiger partial charge in [-0.2, -0.15) is 0 Å². The number of nitrogens with one attached hydrogen (secondary N) is 1. The highest BCUT2D eigenvalue weighted by Gasteiger charge is 2.41. The smallest absolute Gasteiger partial charge is 0.162 e. The van der Waals surface area contributed by atoms with Crippen LogP contribution in [0, 0.1) is 5.41 Å². The zero-order chi connectivity index (χ0) is 21.0. The van der Waals surface area contributed by atoms with Gasteiger partial charge in [0.2, 0.25) is 0 Å². The molecule has 5 nitrogen and oxygen atoms in total. The fraction of sp³-hybridized carbons (Fsp3) is 0.280. The summed E-state index contributed by atoms with van der Waals surface area (Å²) in [6.07, 6.45) is 3.13. The summed E-state index contributed by atoms with van der Waals surface area (Å²) in [6.45, 7) is 4.30. The van der Waals surface area contributed by atoms with E-state index in [4.69, 9.17) is 4.74 Å². The van der Waals surface area contributed by atoms with E-state index in [9.17, 15) is 9.90 Å². The molecule has 0 unspecified atom stereocenters. The Morgan fingerprint density at radius 1 is 1.17 bits per heavy atom. The number of pyridine rings is 1. The highest BCUT2D eigenvalue weighted by atomic mass is 16.5. The first-order chi connectivity index (χ1) is 14.4. The van der Waals surface area contributed by atoms with E-state index < -0.39 is 0 Å². The molecule has 2 aliphatic rings. The molecule has 5 heteroatoms. The number of rotatable bonds is 2. The predicted molar refractivity (Wildman–Crippen MR) is 118 cm³/mol. The summed E-state index contributed by atoms with van der Waals surface area (Å²) < 4.78 is 5.31. The number of ketones is 1. The number of Topliss-reactive ketones (excluding diaryl/α,β-unsaturated/α-hetero) is 1. The van der Waals surface area contributed by atoms with Crippen LogP contribution in [0.25, 0.3) is 16.5 Å². The Balaban J connectivity index is 1.78. The van der Waals surface area contributed by atoms with Gasteiger partial charge in [-0.25, -0.2) is 0 Å². The molecule has 0 saturated heterocycles. The van der Waals surface area contributed by atoms with Gasteiger partial charge in [-0.3, -0.25) is 9.78 Å². The van der Waals surface area contributed by atoms with Gasteiger partial charge in [0.05, 0.1) is 18.7 Å². The molecule has 30 heavy (non-hydrogen) atoms. The van der Waals surface area contributed by atoms with E-state index in [1.807, 2.05) is 24.3 Å². The molecule has 1 atom stereocenters. The molecule has 1 aliphatic heterocycles. The second-order valence-corrected chi connectivity index (χ2v) is 8.90. The van der Waals surface area contributed by atoms with Crippen LogP contribution in [0.3, 0.4) is 0 Å². The number of aromatic nitrogens is 1. The number of allylic oxidation sites excluding steroid dienone is 1. The molecule has 0 bridgehead atoms. The molecule has 152 valence electrons. The lowest BCUT2D eigenvalue weighted by Crippen LogP contribution is -2.33. The molecule has 0 amide bonds. The number of nitrogens with zero attached hydrogens (tertiary/aromatic N) is 1. The molecule has 0 saturated carbocycles. The summed E-state index contributed by atoms with van der Waals surface area (Å²) in [5, 5.41) is 14.7. The number of hydrogen-bond donors (Lipinski definition) is 2. The second kappa shape index (κ2) is 6.59. The van der Waals surface area contributed by atoms with Crippen LogP contribution >= 0.6 is 0 Å². The number of carbonyl (C=O) groups is 1. The number of hydrogen-bond acceptors (Lipinski definition) is 5. The first kappa shape index (κ1) is 18.7. The zero-order valence-electron chi connectivity index (χ0n) is 17.3. The highest BCUT2D eigenvalue weighted by Crippen LogP contribution is 2.52. The van der Waals surface area contributed by atoms with E-state index in [-0.39, 0.29) is 23.0 Å². The maximum absolute atomic E-state index is 13.4. The predicted octanol–water partition coefficient (Wildman–Crippen LogP) is 5.26. The van der Waals surface area contributed by atoms with E-state index in [1.54, 1.807) is 18.3 Å². The Hall–Kier alpha value is -3.34. The third kappa shape index (κ3) is 2.84. The summed E-state index contributed by atoms with van der Waals surface area (Å²) in [4.78, 5) is 17.9. The fourth-order valence-electron chi connectivity index (χ4n) is 4.84. The molecule has 1 aromatic heterocycles. The standard InChI is InChI=1S/C25H24N2O3/c1-25(2)12-16-22-15-5-4-10-26-17(15)7-8-18(22)27-24(23(16)20(29)13-25)14-6-9-19(28)21(11-14)30-3/h4-11,24,27-28H,12-13H2,1-3H3/t24-/m1/s1. The highest BCUT2D eigenvalue weighted by molar-refractivity contribution is 6.12. The first-order valence-electron chi connectivity index (χ1n) is 10.2. The first-order valence-corrected chi connectivity index (χ1v) is 10.2. The summed E-state index contributed by atoms with van der Waals surface area (Å²) in [6, 6.07) is 13.0. The maximum Gasteiger partial charge on any atom is 0.162 e. The Morgan fingerprint density at radius 2 is 2.00 bits per heavy atom. The van der Waals surface area contributed by atoms with Gasteiger partial charge in [0.15, 0.2) is 17.3 Å². The summed E-state index contributed by atoms with van der Waals surface area (Å²) in [7, 11) is 1.53. The fourth-order valence-corrected chi connectivity index (χ4v) is 4.84. The minimum atomic E-state index is -0.292. The van der Waals surface area contributed by atoms with Crippen molar-refractivity contribution < 1.29 is 14.6 Å². The molecular weight excluding hydrogens is 376 g/mol. The number of anilines is 1. The van der Waals surface area contributed by atoms with Crippen LogP contribution in [0.4, 0.5) is 5.69 Å². The average Bonchev–Trinajstić information content (AvgIpc) is 2.72. The number of aromatic hydroxyl groups is 1. The minimum absolute atomic E-state index is 0.0832. The van der Waals surface area contributed by atoms with E-state index >= 15 is 0 Å². The third-order valence-corrected chi connectivity index (χ3v) is 6.13. The average molecular weight is 400 g/mol. The lowest BCUT2D eigenvalue weighted by atomic mass is 9.68. The minimum Gasteiger partial charge on any atom is -0.504 e. The summed E-state index contributed by atoms with van der Waals surface area (Å²) >= 11 is 0. The van der Waals surface area contributed by atoms with Gasteiger partial charge in [0, 0.05) is 34.8 Å². The van der Waals surface area contributed by atoms with Crippen molar-refractivity contribution in [1.82, 2.24) is 4.98 Å². The van der Waals surface area contributed by atoms with Crippen molar-refractivity contribution in [3.63, 3.8) is 0 Å². The maximum atomic E-state index is 13.4. The Morgan fingerprint density at radius 3 is 2.80 bits per heavy atom. The topological polar surface area (TPSA) is 71.5 Å². The normalized spacial score (nSPS) is 19.8. The molecule has 0 radical (unpaired) electrons. The van der Waals surface area contributed by atoms with Crippen molar-refractivity contribution in [2.45, 2.75) is 32.7 Å². The Kier molecular flexibility index (Phi) is 4.10. The number of phenolic OH excluding ortho intramolecular Hbond substituents is 1. The Bertz CT molecular complexity index is 1230. The lowest BCUT2D eigenvalue weighted by Gasteiger charge is -2.40. The van der Waals surface area contributed by atoms with Gasteiger partial charge in [-0.1, -0.05) is 26.0 Å². The molecule has 3 aromatic rings. The van der Waals surface area contributed by atoms with E-state index in [2.05, 4.69) is 30.2 Å². The zero-order valence-corrected chi connectivity index (χ0v) is 17.3. The van der Waals surface area contributed by atoms with Crippen LogP contribution in [0.5, 0.6) is 11.5 Å². The number of carbonyl (C=O) groups excluding carboxylic acids is 1. The SMILES string of the molecule is COc1cc([C@H]2Nc3ccc4ncccc4c3C3=C2C(=O)CC(C)(C)C3)ccc1O. The molecule has 0 spiro atoms. The van der Waals surface area contributed by atoms with Crippen molar-refractivity contribution in [2.24, 2.45) is 5.41 Å². The molecule has 2 aromatic carbocycles. The molecule has 5 rings (SSSR count). The molecule has 2 N–H and O–H groups in total. The molecule has 0 fully saturated rings. The van der Waals surface area contributed by atoms with E-state index in [0.29, 0.717) is 12.2 Å². The van der Waals surface area contributed by atoms with Gasteiger partial charge >= 0.3 is 0 Å². The second-order valence-electron chi connectivity index (χ2n) is 8.90. The monoisotopic (exact) mass is 400 g/mol. The third-order valence-electron chi connectivity index (χ3n) is 6.13. The van der Waals surface area contributed by atoms with Crippen LogP contribution in [-0.2, 0) is 4.79 Å². The van der Waals surface area contributed by atoms with Gasteiger partial charge in [0.1, 0.15) is 0 Å². The summed E-state index contributed by atoms with van der Waals surface area (Å²) in [5.74, 6) is 0.644. The summed E-state index contributed by atoms with van der Waals surface area (Å²) in [5.41, 5.74) is 5.70. The number of methoxy groups -OCH3 is 1. The largest absolute Gasteiger partial charge is 0.504 e. The van der Waals surface area contributed by atoms with E-state index in [0.717, 1.165) is 45.3 Å². The van der Waals surface area contributed by atoms with Gasteiger partial charge in [-0.15, -0.1) is 0 Å². The van der Waals surface area contributed by atoms with Crippen LogP contribution < -0.4 is 10.1 Å². The van der Waals surface area contributed by atoms with Crippen LogP contribution in [0.1, 0.15) is 43.9 Å². The van der Waals surface area contributed by atoms with Crippen molar-refractivity contribution in [3.8, 4) is 11.5 Å². The molecule has 2 heterocycles. The van der Waals surface area contributed by atoms with Crippen LogP contribution in [0.15, 0.2) is 54.2 Å². The van der Waals surface area contributed by atoms with Crippen molar-refractivity contribution in [1.29, 1.82) is 0 Å². The quantitative estimate of drug-likeness (QED) is 0.614. The number of benzene rings is 2. The molecule has 1 aliphatic carbocycles. The Labute approximate surface area is 175 Å². The number of fused-ring (bicyclic) bond motifs is 4. The van der Waals surface area contributed by atoms with E-state index in [1.165, 1.54) is 7.11 Å². The van der Waals surface area contributed by atoms with Crippen LogP contribution in [0.2, 0.25) is 0 Å². The number of phenols is 1. The lowest BCUT2D eigenvalue weighted by molar-refractivity contribution is -0.118. The van der Waals surface area contributed by atoms with Crippen LogP contribution in [-0.4, -0.2) is 23.0 Å².